The number of H-pyrrole nitrogens is 1. The molecule has 1 amide bonds. The van der Waals surface area contributed by atoms with Crippen molar-refractivity contribution < 1.29 is 26.4 Å². The normalized spacial score (nSPS) is 15.2. The predicted molar refractivity (Wildman–Crippen MR) is 139 cm³/mol. The van der Waals surface area contributed by atoms with Gasteiger partial charge in [0.05, 0.1) is 16.0 Å². The van der Waals surface area contributed by atoms with Gasteiger partial charge in [0.25, 0.3) is 5.91 Å². The number of carbonyl (C=O) groups excluding carboxylic acids is 1. The summed E-state index contributed by atoms with van der Waals surface area (Å²) >= 11 is 5.91. The average molecular weight is 561 g/mol. The Morgan fingerprint density at radius 3 is 2.24 bits per heavy atom. The van der Waals surface area contributed by atoms with E-state index in [2.05, 4.69) is 4.98 Å². The van der Waals surface area contributed by atoms with Gasteiger partial charge in [-0.2, -0.15) is 13.2 Å². The maximum absolute atomic E-state index is 13.8. The van der Waals surface area contributed by atoms with Crippen molar-refractivity contribution in [2.24, 2.45) is 5.92 Å². The van der Waals surface area contributed by atoms with E-state index in [1.165, 1.54) is 40.8 Å². The lowest BCUT2D eigenvalue weighted by atomic mass is 9.90. The number of fused-ring (bicyclic) bond motifs is 1. The first-order valence-corrected chi connectivity index (χ1v) is 14.0. The molecule has 1 saturated heterocycles. The molecule has 38 heavy (non-hydrogen) atoms. The highest BCUT2D eigenvalue weighted by Gasteiger charge is 2.38. The van der Waals surface area contributed by atoms with E-state index < -0.39 is 37.9 Å². The SMILES string of the molecule is O=C(c1[nH]c2c(C(F)(F)F)cccc2c1S(=O)(=O)c1ccc(Cl)cc1)N1CCC(Cc2ccccc2)CC1. The van der Waals surface area contributed by atoms with Gasteiger partial charge in [0.1, 0.15) is 10.6 Å². The Morgan fingerprint density at radius 1 is 0.947 bits per heavy atom. The van der Waals surface area contributed by atoms with Gasteiger partial charge in [-0.25, -0.2) is 8.42 Å². The Balaban J connectivity index is 1.53. The number of carbonyl (C=O) groups is 1. The summed E-state index contributed by atoms with van der Waals surface area (Å²) < 4.78 is 68.9. The Kier molecular flexibility index (Phi) is 7.00. The van der Waals surface area contributed by atoms with Gasteiger partial charge in [0, 0.05) is 23.5 Å². The molecule has 1 aromatic heterocycles. The number of aromatic amines is 1. The van der Waals surface area contributed by atoms with Crippen molar-refractivity contribution >= 4 is 38.2 Å². The van der Waals surface area contributed by atoms with Gasteiger partial charge in [0.2, 0.25) is 9.84 Å². The average Bonchev–Trinajstić information content (AvgIpc) is 3.29. The van der Waals surface area contributed by atoms with Gasteiger partial charge in [-0.1, -0.05) is 54.1 Å². The number of para-hydroxylation sites is 1. The molecular weight excluding hydrogens is 537 g/mol. The van der Waals surface area contributed by atoms with Crippen LogP contribution >= 0.6 is 11.6 Å². The smallest absolute Gasteiger partial charge is 0.349 e. The summed E-state index contributed by atoms with van der Waals surface area (Å²) in [6.45, 7) is 0.747. The molecule has 5 nitrogen and oxygen atoms in total. The molecule has 0 spiro atoms. The highest BCUT2D eigenvalue weighted by atomic mass is 35.5. The minimum atomic E-state index is -4.75. The quantitative estimate of drug-likeness (QED) is 0.293. The maximum Gasteiger partial charge on any atom is 0.418 e. The van der Waals surface area contributed by atoms with Crippen LogP contribution in [0.5, 0.6) is 0 Å². The molecule has 1 aliphatic heterocycles. The highest BCUT2D eigenvalue weighted by molar-refractivity contribution is 7.91. The van der Waals surface area contributed by atoms with Crippen LogP contribution in [0.4, 0.5) is 13.2 Å². The molecule has 0 bridgehead atoms. The van der Waals surface area contributed by atoms with Crippen molar-refractivity contribution in [1.29, 1.82) is 0 Å². The number of amides is 1. The minimum Gasteiger partial charge on any atom is -0.349 e. The maximum atomic E-state index is 13.8. The molecule has 198 valence electrons. The monoisotopic (exact) mass is 560 g/mol. The van der Waals surface area contributed by atoms with Crippen molar-refractivity contribution in [3.05, 3.63) is 94.6 Å². The van der Waals surface area contributed by atoms with Gasteiger partial charge in [0.15, 0.2) is 0 Å². The van der Waals surface area contributed by atoms with Crippen LogP contribution in [0.2, 0.25) is 5.02 Å². The van der Waals surface area contributed by atoms with E-state index in [4.69, 9.17) is 11.6 Å². The standard InChI is InChI=1S/C28H24ClF3N2O3S/c29-20-9-11-21(12-10-20)38(36,37)26-22-7-4-8-23(28(30,31)32)24(22)33-25(26)27(35)34-15-13-19(14-16-34)17-18-5-2-1-3-6-18/h1-12,19,33H,13-17H2. The Morgan fingerprint density at radius 2 is 1.61 bits per heavy atom. The molecule has 3 aromatic carbocycles. The topological polar surface area (TPSA) is 70.2 Å². The molecule has 1 N–H and O–H groups in total. The number of hydrogen-bond donors (Lipinski definition) is 1. The number of aromatic nitrogens is 1. The summed E-state index contributed by atoms with van der Waals surface area (Å²) in [5, 5.41) is 0.119. The molecule has 0 atom stereocenters. The second-order valence-electron chi connectivity index (χ2n) is 9.44. The molecule has 2 heterocycles. The summed E-state index contributed by atoms with van der Waals surface area (Å²) in [6.07, 6.45) is -2.48. The molecule has 0 unspecified atom stereocenters. The lowest BCUT2D eigenvalue weighted by Gasteiger charge is -2.32. The first-order chi connectivity index (χ1) is 18.1. The van der Waals surface area contributed by atoms with Crippen molar-refractivity contribution in [3.63, 3.8) is 0 Å². The van der Waals surface area contributed by atoms with Gasteiger partial charge >= 0.3 is 6.18 Å². The molecule has 0 saturated carbocycles. The predicted octanol–water partition coefficient (Wildman–Crippen LogP) is 6.77. The molecule has 1 fully saturated rings. The van der Waals surface area contributed by atoms with Crippen molar-refractivity contribution in [2.75, 3.05) is 13.1 Å². The molecule has 0 aliphatic carbocycles. The van der Waals surface area contributed by atoms with Crippen molar-refractivity contribution in [3.8, 4) is 0 Å². The van der Waals surface area contributed by atoms with Crippen LogP contribution in [0.3, 0.4) is 0 Å². The molecule has 4 aromatic rings. The van der Waals surface area contributed by atoms with Gasteiger partial charge in [-0.15, -0.1) is 0 Å². The van der Waals surface area contributed by atoms with Crippen LogP contribution < -0.4 is 0 Å². The van der Waals surface area contributed by atoms with Crippen LogP contribution in [0.25, 0.3) is 10.9 Å². The zero-order chi connectivity index (χ0) is 27.1. The van der Waals surface area contributed by atoms with Crippen LogP contribution in [-0.4, -0.2) is 37.3 Å². The number of nitrogens with zero attached hydrogens (tertiary/aromatic N) is 1. The van der Waals surface area contributed by atoms with E-state index in [1.54, 1.807) is 0 Å². The first kappa shape index (κ1) is 26.3. The van der Waals surface area contributed by atoms with E-state index in [0.29, 0.717) is 36.9 Å². The van der Waals surface area contributed by atoms with E-state index in [9.17, 15) is 26.4 Å². The molecule has 1 aliphatic rings. The lowest BCUT2D eigenvalue weighted by molar-refractivity contribution is -0.136. The molecule has 0 radical (unpaired) electrons. The van der Waals surface area contributed by atoms with Gasteiger partial charge in [-0.3, -0.25) is 4.79 Å². The molecular formula is C28H24ClF3N2O3S. The number of alkyl halides is 3. The minimum absolute atomic E-state index is 0.171. The summed E-state index contributed by atoms with van der Waals surface area (Å²) in [5.74, 6) is -0.293. The fourth-order valence-corrected chi connectivity index (χ4v) is 6.76. The fourth-order valence-electron chi connectivity index (χ4n) is 5.04. The summed E-state index contributed by atoms with van der Waals surface area (Å²) in [5.41, 5.74) is -0.643. The van der Waals surface area contributed by atoms with Crippen LogP contribution in [-0.2, 0) is 22.4 Å². The molecule has 5 rings (SSSR count). The van der Waals surface area contributed by atoms with E-state index >= 15 is 0 Å². The second kappa shape index (κ2) is 10.1. The number of sulfone groups is 1. The zero-order valence-corrected chi connectivity index (χ0v) is 21.7. The first-order valence-electron chi connectivity index (χ1n) is 12.1. The number of nitrogens with one attached hydrogen (secondary N) is 1. The van der Waals surface area contributed by atoms with E-state index in [0.717, 1.165) is 18.6 Å². The third kappa shape index (κ3) is 5.05. The van der Waals surface area contributed by atoms with Gasteiger partial charge in [-0.05, 0) is 61.1 Å². The number of hydrogen-bond acceptors (Lipinski definition) is 3. The fraction of sp³-hybridized carbons (Fsp3) is 0.250. The van der Waals surface area contributed by atoms with Crippen LogP contribution in [0, 0.1) is 5.92 Å². The third-order valence-corrected chi connectivity index (χ3v) is 9.07. The summed E-state index contributed by atoms with van der Waals surface area (Å²) in [4.78, 5) is 17.1. The lowest BCUT2D eigenvalue weighted by Crippen LogP contribution is -2.39. The number of likely N-dealkylation sites (tertiary alicyclic amines) is 1. The summed E-state index contributed by atoms with van der Waals surface area (Å²) in [6, 6.07) is 18.6. The molecule has 10 heteroatoms. The van der Waals surface area contributed by atoms with Gasteiger partial charge < -0.3 is 9.88 Å². The third-order valence-electron chi connectivity index (χ3n) is 6.97. The van der Waals surface area contributed by atoms with Crippen LogP contribution in [0.1, 0.15) is 34.5 Å². The van der Waals surface area contributed by atoms with Crippen LogP contribution in [0.15, 0.2) is 82.6 Å². The van der Waals surface area contributed by atoms with Crippen molar-refractivity contribution in [2.45, 2.75) is 35.2 Å². The summed E-state index contributed by atoms with van der Waals surface area (Å²) in [7, 11) is -4.37. The number of piperidine rings is 1. The number of halogens is 4. The largest absolute Gasteiger partial charge is 0.418 e. The Bertz CT molecular complexity index is 1580. The van der Waals surface area contributed by atoms with Crippen molar-refractivity contribution in [1.82, 2.24) is 9.88 Å². The number of benzene rings is 3. The Labute approximate surface area is 223 Å². The Hall–Kier alpha value is -3.30. The zero-order valence-electron chi connectivity index (χ0n) is 20.1. The van der Waals surface area contributed by atoms with E-state index in [-0.39, 0.29) is 16.0 Å². The highest BCUT2D eigenvalue weighted by Crippen LogP contribution is 2.40. The number of rotatable bonds is 5. The second-order valence-corrected chi connectivity index (χ2v) is 11.8. The van der Waals surface area contributed by atoms with E-state index in [1.807, 2.05) is 30.3 Å².